The summed E-state index contributed by atoms with van der Waals surface area (Å²) in [6.07, 6.45) is 0. The molecule has 0 aliphatic heterocycles. The zero-order valence-electron chi connectivity index (χ0n) is 10.6. The van der Waals surface area contributed by atoms with Crippen molar-refractivity contribution in [2.24, 2.45) is 0 Å². The van der Waals surface area contributed by atoms with Crippen molar-refractivity contribution in [1.82, 2.24) is 0 Å². The Morgan fingerprint density at radius 2 is 1.80 bits per heavy atom. The number of nitriles is 2. The molecule has 20 heavy (non-hydrogen) atoms. The molecule has 0 aliphatic rings. The molecule has 2 aromatic rings. The molecule has 2 aromatic carbocycles. The Morgan fingerprint density at radius 3 is 2.45 bits per heavy atom. The molecule has 98 valence electrons. The second-order valence-corrected chi connectivity index (χ2v) is 4.21. The Hall–Kier alpha value is -2.69. The van der Waals surface area contributed by atoms with Gasteiger partial charge in [-0.15, -0.1) is 0 Å². The summed E-state index contributed by atoms with van der Waals surface area (Å²) in [6.45, 7) is 0. The Balaban J connectivity index is 2.44. The molecule has 0 unspecified atom stereocenters. The van der Waals surface area contributed by atoms with Gasteiger partial charge in [-0.2, -0.15) is 10.5 Å². The summed E-state index contributed by atoms with van der Waals surface area (Å²) in [7, 11) is 1.48. The van der Waals surface area contributed by atoms with Gasteiger partial charge >= 0.3 is 0 Å². The number of rotatable bonds is 3. The van der Waals surface area contributed by atoms with Crippen molar-refractivity contribution < 1.29 is 9.47 Å². The molecular formula is C15H9ClN2O2. The summed E-state index contributed by atoms with van der Waals surface area (Å²) in [5, 5.41) is 18.3. The van der Waals surface area contributed by atoms with E-state index in [0.29, 0.717) is 27.8 Å². The quantitative estimate of drug-likeness (QED) is 0.858. The van der Waals surface area contributed by atoms with Crippen LogP contribution in [0, 0.1) is 22.7 Å². The Bertz CT molecular complexity index is 730. The third-order valence-corrected chi connectivity index (χ3v) is 2.91. The van der Waals surface area contributed by atoms with Crippen molar-refractivity contribution in [1.29, 1.82) is 10.5 Å². The van der Waals surface area contributed by atoms with Gasteiger partial charge in [0.2, 0.25) is 0 Å². The average Bonchev–Trinajstić information content (AvgIpc) is 2.48. The van der Waals surface area contributed by atoms with E-state index in [9.17, 15) is 0 Å². The SMILES string of the molecule is COc1cc(C#N)ccc1Oc1cccc(Cl)c1C#N. The van der Waals surface area contributed by atoms with Crippen LogP contribution in [-0.2, 0) is 0 Å². The van der Waals surface area contributed by atoms with E-state index < -0.39 is 0 Å². The molecule has 0 radical (unpaired) electrons. The van der Waals surface area contributed by atoms with E-state index in [1.165, 1.54) is 7.11 Å². The predicted octanol–water partition coefficient (Wildman–Crippen LogP) is 3.88. The molecule has 0 atom stereocenters. The van der Waals surface area contributed by atoms with Gasteiger partial charge in [0.25, 0.3) is 0 Å². The number of ether oxygens (including phenoxy) is 2. The molecule has 0 amide bonds. The molecule has 5 heteroatoms. The molecule has 0 aliphatic carbocycles. The first-order chi connectivity index (χ1) is 9.69. The lowest BCUT2D eigenvalue weighted by Gasteiger charge is -2.11. The molecular weight excluding hydrogens is 276 g/mol. The van der Waals surface area contributed by atoms with Gasteiger partial charge < -0.3 is 9.47 Å². The van der Waals surface area contributed by atoms with Gasteiger partial charge in [0, 0.05) is 6.07 Å². The van der Waals surface area contributed by atoms with Crippen LogP contribution in [0.15, 0.2) is 36.4 Å². The molecule has 4 nitrogen and oxygen atoms in total. The summed E-state index contributed by atoms with van der Waals surface area (Å²) in [5.41, 5.74) is 0.710. The number of benzene rings is 2. The maximum Gasteiger partial charge on any atom is 0.169 e. The first-order valence-corrected chi connectivity index (χ1v) is 6.02. The van der Waals surface area contributed by atoms with Gasteiger partial charge in [-0.25, -0.2) is 0 Å². The fraction of sp³-hybridized carbons (Fsp3) is 0.0667. The lowest BCUT2D eigenvalue weighted by Crippen LogP contribution is -1.93. The molecule has 0 spiro atoms. The lowest BCUT2D eigenvalue weighted by molar-refractivity contribution is 0.378. The van der Waals surface area contributed by atoms with Crippen LogP contribution in [0.2, 0.25) is 5.02 Å². The summed E-state index contributed by atoms with van der Waals surface area (Å²) in [6, 6.07) is 13.7. The van der Waals surface area contributed by atoms with E-state index >= 15 is 0 Å². The molecule has 0 bridgehead atoms. The van der Waals surface area contributed by atoms with Crippen LogP contribution >= 0.6 is 11.6 Å². The molecule has 0 fully saturated rings. The predicted molar refractivity (Wildman–Crippen MR) is 74.0 cm³/mol. The summed E-state index contributed by atoms with van der Waals surface area (Å²) in [4.78, 5) is 0. The molecule has 2 rings (SSSR count). The Kier molecular flexibility index (Phi) is 4.10. The smallest absolute Gasteiger partial charge is 0.169 e. The zero-order valence-corrected chi connectivity index (χ0v) is 11.3. The maximum absolute atomic E-state index is 9.10. The van der Waals surface area contributed by atoms with E-state index in [1.54, 1.807) is 36.4 Å². The van der Waals surface area contributed by atoms with Crippen LogP contribution in [0.4, 0.5) is 0 Å². The van der Waals surface area contributed by atoms with Gasteiger partial charge in [0.15, 0.2) is 11.5 Å². The minimum atomic E-state index is 0.251. The minimum absolute atomic E-state index is 0.251. The van der Waals surface area contributed by atoms with Gasteiger partial charge in [-0.05, 0) is 24.3 Å². The number of halogens is 1. The Morgan fingerprint density at radius 1 is 1.00 bits per heavy atom. The zero-order chi connectivity index (χ0) is 14.5. The highest BCUT2D eigenvalue weighted by molar-refractivity contribution is 6.31. The first-order valence-electron chi connectivity index (χ1n) is 5.64. The van der Waals surface area contributed by atoms with Gasteiger partial charge in [-0.1, -0.05) is 17.7 Å². The normalized spacial score (nSPS) is 9.40. The fourth-order valence-electron chi connectivity index (χ4n) is 1.64. The highest BCUT2D eigenvalue weighted by Gasteiger charge is 2.12. The lowest BCUT2D eigenvalue weighted by atomic mass is 10.2. The fourth-order valence-corrected chi connectivity index (χ4v) is 1.85. The minimum Gasteiger partial charge on any atom is -0.493 e. The molecule has 0 saturated heterocycles. The van der Waals surface area contributed by atoms with Crippen LogP contribution in [0.5, 0.6) is 17.2 Å². The first kappa shape index (κ1) is 13.7. The maximum atomic E-state index is 9.10. The second kappa shape index (κ2) is 5.97. The van der Waals surface area contributed by atoms with E-state index in [0.717, 1.165) is 0 Å². The topological polar surface area (TPSA) is 66.0 Å². The van der Waals surface area contributed by atoms with Crippen LogP contribution in [0.25, 0.3) is 0 Å². The highest BCUT2D eigenvalue weighted by atomic mass is 35.5. The third kappa shape index (κ3) is 2.66. The van der Waals surface area contributed by atoms with Crippen molar-refractivity contribution in [2.45, 2.75) is 0 Å². The van der Waals surface area contributed by atoms with Crippen LogP contribution in [-0.4, -0.2) is 7.11 Å². The van der Waals surface area contributed by atoms with Gasteiger partial charge in [0.05, 0.1) is 23.8 Å². The molecule has 0 saturated carbocycles. The van der Waals surface area contributed by atoms with Crippen molar-refractivity contribution >= 4 is 11.6 Å². The highest BCUT2D eigenvalue weighted by Crippen LogP contribution is 2.35. The molecule has 0 N–H and O–H groups in total. The van der Waals surface area contributed by atoms with Gasteiger partial charge in [0.1, 0.15) is 17.4 Å². The number of hydrogen-bond acceptors (Lipinski definition) is 4. The Labute approximate surface area is 121 Å². The van der Waals surface area contributed by atoms with Crippen molar-refractivity contribution in [3.05, 3.63) is 52.5 Å². The van der Waals surface area contributed by atoms with Crippen molar-refractivity contribution in [3.63, 3.8) is 0 Å². The van der Waals surface area contributed by atoms with Crippen molar-refractivity contribution in [3.8, 4) is 29.4 Å². The van der Waals surface area contributed by atoms with Gasteiger partial charge in [-0.3, -0.25) is 0 Å². The molecule has 0 aromatic heterocycles. The number of nitrogens with zero attached hydrogens (tertiary/aromatic N) is 2. The summed E-state index contributed by atoms with van der Waals surface area (Å²) < 4.78 is 10.8. The van der Waals surface area contributed by atoms with E-state index in [2.05, 4.69) is 0 Å². The van der Waals surface area contributed by atoms with E-state index in [1.807, 2.05) is 12.1 Å². The van der Waals surface area contributed by atoms with Crippen LogP contribution in [0.1, 0.15) is 11.1 Å². The summed E-state index contributed by atoms with van der Waals surface area (Å²) in [5.74, 6) is 1.15. The van der Waals surface area contributed by atoms with E-state index in [-0.39, 0.29) is 5.56 Å². The van der Waals surface area contributed by atoms with Crippen LogP contribution < -0.4 is 9.47 Å². The molecule has 0 heterocycles. The van der Waals surface area contributed by atoms with Crippen LogP contribution in [0.3, 0.4) is 0 Å². The second-order valence-electron chi connectivity index (χ2n) is 3.80. The standard InChI is InChI=1S/C15H9ClN2O2/c1-19-15-7-10(8-17)5-6-14(15)20-13-4-2-3-12(16)11(13)9-18/h2-7H,1H3. The van der Waals surface area contributed by atoms with E-state index in [4.69, 9.17) is 31.6 Å². The number of methoxy groups -OCH3 is 1. The largest absolute Gasteiger partial charge is 0.493 e. The monoisotopic (exact) mass is 284 g/mol. The average molecular weight is 285 g/mol. The number of hydrogen-bond donors (Lipinski definition) is 0. The summed E-state index contributed by atoms with van der Waals surface area (Å²) >= 11 is 5.94. The van der Waals surface area contributed by atoms with Crippen molar-refractivity contribution in [2.75, 3.05) is 7.11 Å². The third-order valence-electron chi connectivity index (χ3n) is 2.60.